The van der Waals surface area contributed by atoms with Gasteiger partial charge in [-0.3, -0.25) is 14.6 Å². The van der Waals surface area contributed by atoms with E-state index in [2.05, 4.69) is 20.3 Å². The number of hydrogen-bond acceptors (Lipinski definition) is 7. The van der Waals surface area contributed by atoms with Crippen molar-refractivity contribution in [3.63, 3.8) is 0 Å². The van der Waals surface area contributed by atoms with Crippen molar-refractivity contribution in [3.8, 4) is 0 Å². The van der Waals surface area contributed by atoms with E-state index in [1.54, 1.807) is 6.92 Å². The number of ketones is 1. The summed E-state index contributed by atoms with van der Waals surface area (Å²) in [5, 5.41) is 22.3. The van der Waals surface area contributed by atoms with E-state index in [1.165, 1.54) is 41.7 Å². The Morgan fingerprint density at radius 2 is 1.76 bits per heavy atom. The molecule has 0 aliphatic carbocycles. The molecule has 3 N–H and O–H groups in total. The molecule has 0 fully saturated rings. The van der Waals surface area contributed by atoms with E-state index in [1.807, 2.05) is 0 Å². The number of pyridine rings is 1. The second kappa shape index (κ2) is 9.67. The topological polar surface area (TPSA) is 130 Å². The number of nitrogens with zero attached hydrogens (tertiary/aromatic N) is 4. The highest BCUT2D eigenvalue weighted by Gasteiger charge is 2.34. The van der Waals surface area contributed by atoms with Crippen molar-refractivity contribution in [1.29, 1.82) is 0 Å². The van der Waals surface area contributed by atoms with E-state index < -0.39 is 48.0 Å². The molecule has 0 bridgehead atoms. The molecule has 0 radical (unpaired) electrons. The van der Waals surface area contributed by atoms with E-state index >= 15 is 0 Å². The number of alkyl halides is 3. The van der Waals surface area contributed by atoms with E-state index in [4.69, 9.17) is 0 Å². The monoisotopic (exact) mass is 517 g/mol. The van der Waals surface area contributed by atoms with E-state index in [9.17, 15) is 37.4 Å². The summed E-state index contributed by atoms with van der Waals surface area (Å²) in [7, 11) is 0. The molecule has 3 aromatic heterocycles. The maximum absolute atomic E-state index is 13.9. The van der Waals surface area contributed by atoms with Crippen LogP contribution in [0.2, 0.25) is 0 Å². The zero-order valence-electron chi connectivity index (χ0n) is 19.1. The second-order valence-electron chi connectivity index (χ2n) is 8.42. The molecule has 1 aromatic carbocycles. The number of carbonyl (C=O) groups excluding carboxylic acids is 2. The van der Waals surface area contributed by atoms with Gasteiger partial charge < -0.3 is 20.1 Å². The van der Waals surface area contributed by atoms with Gasteiger partial charge in [0.2, 0.25) is 0 Å². The Morgan fingerprint density at radius 3 is 2.41 bits per heavy atom. The van der Waals surface area contributed by atoms with Crippen LogP contribution in [0, 0.1) is 5.82 Å². The summed E-state index contributed by atoms with van der Waals surface area (Å²) >= 11 is 0. The number of anilines is 1. The molecule has 4 aromatic rings. The van der Waals surface area contributed by atoms with Crippen molar-refractivity contribution in [3.05, 3.63) is 83.5 Å². The minimum Gasteiger partial charge on any atom is -0.394 e. The predicted octanol–water partition coefficient (Wildman–Crippen LogP) is 3.17. The summed E-state index contributed by atoms with van der Waals surface area (Å²) in [6, 6.07) is 3.05. The number of carbonyl (C=O) groups is 2. The lowest BCUT2D eigenvalue weighted by atomic mass is 10.0. The number of aromatic nitrogens is 4. The van der Waals surface area contributed by atoms with Crippen molar-refractivity contribution < 1.29 is 37.4 Å². The average Bonchev–Trinajstić information content (AvgIpc) is 3.27. The van der Waals surface area contributed by atoms with E-state index in [-0.39, 0.29) is 22.4 Å². The molecule has 0 spiro atoms. The molecular weight excluding hydrogens is 498 g/mol. The van der Waals surface area contributed by atoms with Crippen molar-refractivity contribution in [2.24, 2.45) is 0 Å². The number of benzene rings is 1. The normalized spacial score (nSPS) is 12.1. The molecule has 192 valence electrons. The van der Waals surface area contributed by atoms with Crippen molar-refractivity contribution in [1.82, 2.24) is 19.5 Å². The van der Waals surface area contributed by atoms with Gasteiger partial charge in [0.05, 0.1) is 41.8 Å². The zero-order valence-corrected chi connectivity index (χ0v) is 19.1. The first kappa shape index (κ1) is 25.9. The largest absolute Gasteiger partial charge is 0.419 e. The molecule has 0 aliphatic rings. The maximum Gasteiger partial charge on any atom is 0.419 e. The molecule has 4 rings (SSSR count). The summed E-state index contributed by atoms with van der Waals surface area (Å²) in [5.41, 5.74) is -2.53. The standard InChI is InChI=1S/C24H19F4N5O4/c1-23(10-34,11-35)33-9-17(16-8-30-12-31-21(16)33)20(36)14-4-15(7-29-6-14)32-22(37)13-2-3-18(19(25)5-13)24(26,27)28/h2-9,12,34-35H,10-11H2,1H3,(H,32,37). The summed E-state index contributed by atoms with van der Waals surface area (Å²) in [5.74, 6) is -3.05. The van der Waals surface area contributed by atoms with Crippen LogP contribution in [-0.4, -0.2) is 54.6 Å². The first-order chi connectivity index (χ1) is 17.5. The van der Waals surface area contributed by atoms with Gasteiger partial charge in [0, 0.05) is 35.1 Å². The van der Waals surface area contributed by atoms with Crippen LogP contribution >= 0.6 is 0 Å². The van der Waals surface area contributed by atoms with Gasteiger partial charge in [-0.15, -0.1) is 0 Å². The minimum atomic E-state index is -4.91. The fourth-order valence-electron chi connectivity index (χ4n) is 3.64. The first-order valence-electron chi connectivity index (χ1n) is 10.7. The van der Waals surface area contributed by atoms with E-state index in [0.717, 1.165) is 6.07 Å². The van der Waals surface area contributed by atoms with Gasteiger partial charge in [0.25, 0.3) is 5.91 Å². The summed E-state index contributed by atoms with van der Waals surface area (Å²) in [6.07, 6.45) is 1.61. The molecule has 13 heteroatoms. The molecular formula is C24H19F4N5O4. The van der Waals surface area contributed by atoms with Crippen LogP contribution in [0.3, 0.4) is 0 Å². The fourth-order valence-corrected chi connectivity index (χ4v) is 3.64. The third kappa shape index (κ3) is 4.90. The van der Waals surface area contributed by atoms with Crippen LogP contribution in [-0.2, 0) is 11.7 Å². The third-order valence-corrected chi connectivity index (χ3v) is 5.77. The van der Waals surface area contributed by atoms with Crippen LogP contribution in [0.4, 0.5) is 23.2 Å². The molecule has 3 heterocycles. The van der Waals surface area contributed by atoms with Gasteiger partial charge in [-0.05, 0) is 31.2 Å². The number of hydrogen-bond donors (Lipinski definition) is 3. The first-order valence-corrected chi connectivity index (χ1v) is 10.7. The Kier molecular flexibility index (Phi) is 6.76. The Bertz CT molecular complexity index is 1500. The van der Waals surface area contributed by atoms with Gasteiger partial charge in [-0.2, -0.15) is 13.2 Å². The number of amides is 1. The van der Waals surface area contributed by atoms with Gasteiger partial charge >= 0.3 is 6.18 Å². The molecule has 0 saturated heterocycles. The highest BCUT2D eigenvalue weighted by molar-refractivity contribution is 6.16. The SMILES string of the molecule is CC(CO)(CO)n1cc(C(=O)c2cncc(NC(=O)c3ccc(C(F)(F)F)c(F)c3)c2)c2cncnc21. The van der Waals surface area contributed by atoms with Gasteiger partial charge in [0.1, 0.15) is 17.8 Å². The van der Waals surface area contributed by atoms with Gasteiger partial charge in [-0.25, -0.2) is 14.4 Å². The summed E-state index contributed by atoms with van der Waals surface area (Å²) in [6.45, 7) is 0.682. The summed E-state index contributed by atoms with van der Waals surface area (Å²) in [4.78, 5) is 37.9. The number of nitrogens with one attached hydrogen (secondary N) is 1. The zero-order chi connectivity index (χ0) is 27.0. The Hall–Kier alpha value is -4.23. The highest BCUT2D eigenvalue weighted by atomic mass is 19.4. The third-order valence-electron chi connectivity index (χ3n) is 5.77. The second-order valence-corrected chi connectivity index (χ2v) is 8.42. The van der Waals surface area contributed by atoms with Crippen LogP contribution in [0.1, 0.15) is 38.8 Å². The van der Waals surface area contributed by atoms with Gasteiger partial charge in [0.15, 0.2) is 5.78 Å². The lowest BCUT2D eigenvalue weighted by molar-refractivity contribution is -0.140. The molecule has 37 heavy (non-hydrogen) atoms. The Labute approximate surface area is 206 Å². The molecule has 0 aliphatic heterocycles. The fraction of sp³-hybridized carbons (Fsp3) is 0.208. The molecule has 0 atom stereocenters. The van der Waals surface area contributed by atoms with Crippen molar-refractivity contribution in [2.45, 2.75) is 18.6 Å². The molecule has 0 saturated carbocycles. The average molecular weight is 517 g/mol. The smallest absolute Gasteiger partial charge is 0.394 e. The van der Waals surface area contributed by atoms with E-state index in [0.29, 0.717) is 23.2 Å². The number of rotatable bonds is 7. The van der Waals surface area contributed by atoms with Crippen molar-refractivity contribution >= 4 is 28.4 Å². The number of aliphatic hydroxyl groups excluding tert-OH is 2. The van der Waals surface area contributed by atoms with Crippen LogP contribution in [0.5, 0.6) is 0 Å². The highest BCUT2D eigenvalue weighted by Crippen LogP contribution is 2.32. The van der Waals surface area contributed by atoms with Crippen LogP contribution in [0.15, 0.2) is 55.4 Å². The number of aliphatic hydroxyl groups is 2. The van der Waals surface area contributed by atoms with Crippen LogP contribution in [0.25, 0.3) is 11.0 Å². The van der Waals surface area contributed by atoms with Crippen LogP contribution < -0.4 is 5.32 Å². The summed E-state index contributed by atoms with van der Waals surface area (Å²) < 4.78 is 53.7. The Balaban J connectivity index is 1.64. The molecule has 0 unspecified atom stereocenters. The molecule has 9 nitrogen and oxygen atoms in total. The molecule has 1 amide bonds. The predicted molar refractivity (Wildman–Crippen MR) is 122 cm³/mol. The lowest BCUT2D eigenvalue weighted by Crippen LogP contribution is -2.37. The van der Waals surface area contributed by atoms with Crippen molar-refractivity contribution in [2.75, 3.05) is 18.5 Å². The van der Waals surface area contributed by atoms with Gasteiger partial charge in [-0.1, -0.05) is 0 Å². The minimum absolute atomic E-state index is 0.0340. The lowest BCUT2D eigenvalue weighted by Gasteiger charge is -2.27. The maximum atomic E-state index is 13.9. The number of halogens is 4. The quantitative estimate of drug-likeness (QED) is 0.254. The Morgan fingerprint density at radius 1 is 1.03 bits per heavy atom. The number of fused-ring (bicyclic) bond motifs is 1.